The summed E-state index contributed by atoms with van der Waals surface area (Å²) in [7, 11) is 0. The van der Waals surface area contributed by atoms with Crippen molar-refractivity contribution in [3.05, 3.63) is 24.8 Å². The molecular weight excluding hydrogens is 182 g/mol. The smallest absolute Gasteiger partial charge is 0.105 e. The summed E-state index contributed by atoms with van der Waals surface area (Å²) in [5.41, 5.74) is 0. The van der Waals surface area contributed by atoms with Crippen LogP contribution in [0.3, 0.4) is 0 Å². The molecule has 2 N–H and O–H groups in total. The molecule has 15 heavy (non-hydrogen) atoms. The van der Waals surface area contributed by atoms with Crippen LogP contribution in [0.25, 0.3) is 0 Å². The number of unbranched alkanes of at least 4 members (excludes halogenated alkanes) is 3. The van der Waals surface area contributed by atoms with Gasteiger partial charge in [-0.05, 0) is 12.5 Å². The van der Waals surface area contributed by atoms with Crippen molar-refractivity contribution in [2.75, 3.05) is 0 Å². The molecule has 1 aliphatic rings. The van der Waals surface area contributed by atoms with Crippen LogP contribution in [0.15, 0.2) is 24.8 Å². The summed E-state index contributed by atoms with van der Waals surface area (Å²) in [5, 5.41) is 2.54. The fourth-order valence-corrected chi connectivity index (χ4v) is 2.31. The maximum Gasteiger partial charge on any atom is 0.105 e. The molecule has 1 heteroatoms. The summed E-state index contributed by atoms with van der Waals surface area (Å²) in [6.07, 6.45) is 16.0. The van der Waals surface area contributed by atoms with Gasteiger partial charge in [-0.2, -0.15) is 0 Å². The lowest BCUT2D eigenvalue weighted by Crippen LogP contribution is -2.95. The number of hydrogen-bond acceptors (Lipinski definition) is 0. The second-order valence-electron chi connectivity index (χ2n) is 4.65. The molecule has 0 amide bonds. The number of rotatable bonds is 7. The van der Waals surface area contributed by atoms with Gasteiger partial charge in [0, 0.05) is 19.3 Å². The highest BCUT2D eigenvalue weighted by Gasteiger charge is 2.18. The Kier molecular flexibility index (Phi) is 6.42. The van der Waals surface area contributed by atoms with Crippen molar-refractivity contribution >= 4 is 0 Å². The van der Waals surface area contributed by atoms with Crippen LogP contribution in [0.4, 0.5) is 0 Å². The molecule has 0 spiro atoms. The zero-order valence-electron chi connectivity index (χ0n) is 10.1. The van der Waals surface area contributed by atoms with Crippen molar-refractivity contribution < 1.29 is 5.32 Å². The largest absolute Gasteiger partial charge is 0.338 e. The normalized spacial score (nSPS) is 25.4. The molecule has 86 valence electrons. The standard InChI is InChI=1S/C14H25N/c1-3-5-6-7-10-14-12-8-11-13(15-14)9-4-2/h4,8,12-15H,2-3,5-7,9-11H2,1H3/p+1/t13-,14+/m0/s1. The SMILES string of the molecule is C=CC[C@H]1CC=C[C@@H](CCCCCC)[NH2+]1. The molecule has 1 rings (SSSR count). The lowest BCUT2D eigenvalue weighted by molar-refractivity contribution is -0.714. The summed E-state index contributed by atoms with van der Waals surface area (Å²) < 4.78 is 0. The monoisotopic (exact) mass is 208 g/mol. The minimum atomic E-state index is 0.737. The second kappa shape index (κ2) is 7.70. The Balaban J connectivity index is 2.15. The molecule has 0 bridgehead atoms. The van der Waals surface area contributed by atoms with Gasteiger partial charge >= 0.3 is 0 Å². The first kappa shape index (κ1) is 12.5. The van der Waals surface area contributed by atoms with E-state index in [1.54, 1.807) is 0 Å². The molecule has 1 heterocycles. The van der Waals surface area contributed by atoms with Gasteiger partial charge in [0.15, 0.2) is 0 Å². The minimum Gasteiger partial charge on any atom is -0.338 e. The lowest BCUT2D eigenvalue weighted by atomic mass is 9.99. The fraction of sp³-hybridized carbons (Fsp3) is 0.714. The molecule has 1 aliphatic heterocycles. The topological polar surface area (TPSA) is 16.6 Å². The molecule has 0 radical (unpaired) electrons. The van der Waals surface area contributed by atoms with Crippen molar-refractivity contribution in [1.29, 1.82) is 0 Å². The van der Waals surface area contributed by atoms with E-state index < -0.39 is 0 Å². The van der Waals surface area contributed by atoms with E-state index in [0.29, 0.717) is 0 Å². The van der Waals surface area contributed by atoms with Gasteiger partial charge in [0.2, 0.25) is 0 Å². The van der Waals surface area contributed by atoms with Gasteiger partial charge in [-0.3, -0.25) is 0 Å². The predicted octanol–water partition coefficient (Wildman–Crippen LogP) is 2.79. The first-order valence-corrected chi connectivity index (χ1v) is 6.49. The molecule has 0 aromatic heterocycles. The lowest BCUT2D eigenvalue weighted by Gasteiger charge is -2.22. The highest BCUT2D eigenvalue weighted by atomic mass is 14.9. The van der Waals surface area contributed by atoms with Crippen LogP contribution in [-0.2, 0) is 0 Å². The molecule has 0 unspecified atom stereocenters. The number of quaternary nitrogens is 1. The van der Waals surface area contributed by atoms with Crippen LogP contribution in [0, 0.1) is 0 Å². The van der Waals surface area contributed by atoms with Crippen LogP contribution in [-0.4, -0.2) is 12.1 Å². The van der Waals surface area contributed by atoms with Crippen LogP contribution in [0.2, 0.25) is 0 Å². The van der Waals surface area contributed by atoms with E-state index in [4.69, 9.17) is 0 Å². The van der Waals surface area contributed by atoms with Crippen molar-refractivity contribution in [2.45, 2.75) is 64.0 Å². The summed E-state index contributed by atoms with van der Waals surface area (Å²) in [5.74, 6) is 0. The summed E-state index contributed by atoms with van der Waals surface area (Å²) in [4.78, 5) is 0. The van der Waals surface area contributed by atoms with Gasteiger partial charge in [-0.25, -0.2) is 0 Å². The van der Waals surface area contributed by atoms with Crippen molar-refractivity contribution in [3.8, 4) is 0 Å². The van der Waals surface area contributed by atoms with E-state index in [1.807, 2.05) is 0 Å². The Morgan fingerprint density at radius 2 is 2.27 bits per heavy atom. The third-order valence-electron chi connectivity index (χ3n) is 3.20. The van der Waals surface area contributed by atoms with E-state index in [0.717, 1.165) is 18.5 Å². The van der Waals surface area contributed by atoms with Gasteiger partial charge < -0.3 is 5.32 Å². The second-order valence-corrected chi connectivity index (χ2v) is 4.65. The van der Waals surface area contributed by atoms with Gasteiger partial charge in [0.1, 0.15) is 6.04 Å². The van der Waals surface area contributed by atoms with Crippen molar-refractivity contribution in [3.63, 3.8) is 0 Å². The predicted molar refractivity (Wildman–Crippen MR) is 66.8 cm³/mol. The van der Waals surface area contributed by atoms with Crippen LogP contribution >= 0.6 is 0 Å². The molecule has 1 nitrogen and oxygen atoms in total. The van der Waals surface area contributed by atoms with E-state index in [9.17, 15) is 0 Å². The Morgan fingerprint density at radius 3 is 3.00 bits per heavy atom. The first-order chi connectivity index (χ1) is 7.36. The Bertz CT molecular complexity index is 196. The molecule has 0 saturated carbocycles. The van der Waals surface area contributed by atoms with Crippen molar-refractivity contribution in [1.82, 2.24) is 0 Å². The molecule has 0 aromatic rings. The van der Waals surface area contributed by atoms with Gasteiger partial charge in [-0.15, -0.1) is 6.58 Å². The molecule has 0 aromatic carbocycles. The van der Waals surface area contributed by atoms with E-state index in [1.165, 1.54) is 38.5 Å². The quantitative estimate of drug-likeness (QED) is 0.489. The zero-order valence-corrected chi connectivity index (χ0v) is 10.1. The first-order valence-electron chi connectivity index (χ1n) is 6.49. The maximum absolute atomic E-state index is 3.82. The van der Waals surface area contributed by atoms with E-state index in [-0.39, 0.29) is 0 Å². The Hall–Kier alpha value is -0.560. The average Bonchev–Trinajstić information content (AvgIpc) is 2.26. The van der Waals surface area contributed by atoms with Crippen molar-refractivity contribution in [2.24, 2.45) is 0 Å². The highest BCUT2D eigenvalue weighted by molar-refractivity contribution is 4.94. The maximum atomic E-state index is 3.82. The van der Waals surface area contributed by atoms with E-state index in [2.05, 4.69) is 37.0 Å². The van der Waals surface area contributed by atoms with Gasteiger partial charge in [0.05, 0.1) is 6.04 Å². The highest BCUT2D eigenvalue weighted by Crippen LogP contribution is 2.08. The number of nitrogens with two attached hydrogens (primary N) is 1. The molecule has 0 saturated heterocycles. The third kappa shape index (κ3) is 5.17. The fourth-order valence-electron chi connectivity index (χ4n) is 2.31. The van der Waals surface area contributed by atoms with Crippen LogP contribution < -0.4 is 5.32 Å². The van der Waals surface area contributed by atoms with Crippen LogP contribution in [0.1, 0.15) is 51.9 Å². The Morgan fingerprint density at radius 1 is 1.40 bits per heavy atom. The molecule has 0 aliphatic carbocycles. The molecule has 2 atom stereocenters. The third-order valence-corrected chi connectivity index (χ3v) is 3.20. The summed E-state index contributed by atoms with van der Waals surface area (Å²) >= 11 is 0. The minimum absolute atomic E-state index is 0.737. The van der Waals surface area contributed by atoms with Crippen LogP contribution in [0.5, 0.6) is 0 Å². The molecule has 0 fully saturated rings. The molecular formula is C14H26N+. The average molecular weight is 208 g/mol. The van der Waals surface area contributed by atoms with Gasteiger partial charge in [0.25, 0.3) is 0 Å². The summed E-state index contributed by atoms with van der Waals surface area (Å²) in [6, 6.07) is 1.49. The van der Waals surface area contributed by atoms with Gasteiger partial charge in [-0.1, -0.05) is 38.3 Å². The number of hydrogen-bond donors (Lipinski definition) is 1. The summed E-state index contributed by atoms with van der Waals surface area (Å²) in [6.45, 7) is 6.09. The van der Waals surface area contributed by atoms with E-state index >= 15 is 0 Å². The Labute approximate surface area is 94.6 Å². The zero-order chi connectivity index (χ0) is 10.9.